The Morgan fingerprint density at radius 3 is 1.31 bits per heavy atom. The first-order chi connectivity index (χ1) is 29.2. The van der Waals surface area contributed by atoms with Gasteiger partial charge >= 0.3 is 5.97 Å². The van der Waals surface area contributed by atoms with E-state index in [1.54, 1.807) is 55.5 Å². The van der Waals surface area contributed by atoms with E-state index in [9.17, 15) is 28.0 Å². The summed E-state index contributed by atoms with van der Waals surface area (Å²) in [6.45, 7) is 3.05. The molecule has 0 aliphatic carbocycles. The van der Waals surface area contributed by atoms with Gasteiger partial charge < -0.3 is 41.8 Å². The number of nitrogens with one attached hydrogen (secondary N) is 2. The number of carbonyl (C=O) groups excluding carboxylic acids is 3. The van der Waals surface area contributed by atoms with Crippen LogP contribution in [-0.2, 0) is 9.59 Å². The molecule has 0 unspecified atom stereocenters. The number of carboxylic acid groups (broad SMARTS) is 1. The van der Waals surface area contributed by atoms with Crippen LogP contribution in [0.15, 0.2) is 109 Å². The van der Waals surface area contributed by atoms with Crippen LogP contribution in [0.4, 0.5) is 20.4 Å². The molecule has 8 N–H and O–H groups in total. The summed E-state index contributed by atoms with van der Waals surface area (Å²) in [6, 6.07) is 25.9. The van der Waals surface area contributed by atoms with Gasteiger partial charge in [0.25, 0.3) is 11.8 Å². The van der Waals surface area contributed by atoms with Gasteiger partial charge in [0.2, 0.25) is 0 Å². The number of ketones is 1. The maximum atomic E-state index is 13.0. The van der Waals surface area contributed by atoms with Crippen LogP contribution in [0.3, 0.4) is 0 Å². The highest BCUT2D eigenvalue weighted by Gasteiger charge is 2.18. The second-order valence-corrected chi connectivity index (χ2v) is 13.2. The zero-order valence-electron chi connectivity index (χ0n) is 32.7. The van der Waals surface area contributed by atoms with Crippen molar-refractivity contribution in [2.24, 2.45) is 11.5 Å². The highest BCUT2D eigenvalue weighted by Crippen LogP contribution is 2.27. The van der Waals surface area contributed by atoms with Gasteiger partial charge in [-0.15, -0.1) is 0 Å². The summed E-state index contributed by atoms with van der Waals surface area (Å²) >= 11 is 0. The van der Waals surface area contributed by atoms with Gasteiger partial charge in [0.15, 0.2) is 17.4 Å². The number of rotatable bonds is 17. The molecule has 314 valence electrons. The number of nitrogens with two attached hydrogens (primary N) is 2. The molecule has 0 bridgehead atoms. The monoisotopic (exact) mass is 834 g/mol. The lowest BCUT2D eigenvalue weighted by Gasteiger charge is -2.15. The minimum absolute atomic E-state index is 0.000791. The van der Waals surface area contributed by atoms with Crippen LogP contribution in [0.25, 0.3) is 22.8 Å². The Morgan fingerprint density at radius 2 is 0.967 bits per heavy atom. The van der Waals surface area contributed by atoms with Gasteiger partial charge in [-0.25, -0.2) is 28.7 Å². The number of carboxylic acids is 1. The maximum absolute atomic E-state index is 13.0. The molecule has 6 rings (SSSR count). The third-order valence-corrected chi connectivity index (χ3v) is 8.44. The number of halogens is 2. The van der Waals surface area contributed by atoms with E-state index in [1.165, 1.54) is 67.6 Å². The van der Waals surface area contributed by atoms with Crippen LogP contribution in [-0.4, -0.2) is 72.4 Å². The fourth-order valence-electron chi connectivity index (χ4n) is 5.23. The molecule has 2 heterocycles. The molecular formula is C43H40F2N8O8. The van der Waals surface area contributed by atoms with Crippen molar-refractivity contribution >= 4 is 35.2 Å². The molecule has 0 radical (unpaired) electrons. The largest absolute Gasteiger partial charge is 0.480 e. The van der Waals surface area contributed by atoms with Crippen LogP contribution in [0.1, 0.15) is 47.7 Å². The number of hydrogen-bond acceptors (Lipinski definition) is 13. The number of nitrogens with zero attached hydrogens (tertiary/aromatic N) is 4. The Hall–Kier alpha value is -7.86. The number of aliphatic hydroxyl groups is 1. The number of primary amides is 2. The molecule has 18 heteroatoms. The maximum Gasteiger partial charge on any atom is 0.325 e. The summed E-state index contributed by atoms with van der Waals surface area (Å²) in [5.74, 6) is -0.533. The van der Waals surface area contributed by atoms with Crippen molar-refractivity contribution in [3.63, 3.8) is 0 Å². The number of ether oxygens (including phenoxy) is 2. The van der Waals surface area contributed by atoms with Crippen molar-refractivity contribution in [2.75, 3.05) is 17.2 Å². The third-order valence-electron chi connectivity index (χ3n) is 8.44. The zero-order chi connectivity index (χ0) is 44.1. The van der Waals surface area contributed by atoms with E-state index in [-0.39, 0.29) is 65.1 Å². The third kappa shape index (κ3) is 13.1. The number of hydrogen-bond donors (Lipinski definition) is 6. The topological polar surface area (TPSA) is 255 Å². The average molecular weight is 835 g/mol. The lowest BCUT2D eigenvalue weighted by Crippen LogP contribution is -2.27. The van der Waals surface area contributed by atoms with E-state index < -0.39 is 29.9 Å². The van der Waals surface area contributed by atoms with E-state index in [0.717, 1.165) is 0 Å². The first-order valence-electron chi connectivity index (χ1n) is 18.5. The van der Waals surface area contributed by atoms with E-state index in [1.807, 2.05) is 0 Å². The summed E-state index contributed by atoms with van der Waals surface area (Å²) in [5.41, 5.74) is 11.8. The van der Waals surface area contributed by atoms with Crippen molar-refractivity contribution in [3.8, 4) is 45.8 Å². The Morgan fingerprint density at radius 1 is 0.607 bits per heavy atom. The number of aromatic nitrogens is 4. The first kappa shape index (κ1) is 44.2. The summed E-state index contributed by atoms with van der Waals surface area (Å²) < 4.78 is 37.3. The predicted octanol–water partition coefficient (Wildman–Crippen LogP) is 6.37. The van der Waals surface area contributed by atoms with Gasteiger partial charge in [0.05, 0.1) is 6.04 Å². The van der Waals surface area contributed by atoms with Crippen molar-refractivity contribution in [1.82, 2.24) is 19.9 Å². The Labute approximate surface area is 347 Å². The van der Waals surface area contributed by atoms with Crippen molar-refractivity contribution in [2.45, 2.75) is 38.8 Å². The van der Waals surface area contributed by atoms with Crippen molar-refractivity contribution in [1.29, 1.82) is 0 Å². The van der Waals surface area contributed by atoms with Crippen molar-refractivity contribution < 1.29 is 47.6 Å². The first-order valence-corrected chi connectivity index (χ1v) is 18.5. The van der Waals surface area contributed by atoms with Crippen LogP contribution in [0.5, 0.6) is 23.0 Å². The summed E-state index contributed by atoms with van der Waals surface area (Å²) in [6.07, 6.45) is 0.597. The number of amides is 2. The number of aliphatic hydroxyl groups excluding tert-OH is 1. The Kier molecular flexibility index (Phi) is 15.0. The highest BCUT2D eigenvalue weighted by molar-refractivity contribution is 5.93. The van der Waals surface area contributed by atoms with Crippen LogP contribution >= 0.6 is 0 Å². The second-order valence-electron chi connectivity index (χ2n) is 13.2. The van der Waals surface area contributed by atoms with Gasteiger partial charge in [-0.2, -0.15) is 0 Å². The molecule has 0 spiro atoms. The lowest BCUT2D eigenvalue weighted by molar-refractivity contribution is -0.137. The molecule has 0 fully saturated rings. The number of anilines is 2. The predicted molar refractivity (Wildman–Crippen MR) is 220 cm³/mol. The normalized spacial score (nSPS) is 11.6. The lowest BCUT2D eigenvalue weighted by atomic mass is 10.1. The van der Waals surface area contributed by atoms with Gasteiger partial charge in [0, 0.05) is 36.3 Å². The molecule has 0 saturated carbocycles. The fourth-order valence-corrected chi connectivity index (χ4v) is 5.23. The fraction of sp³-hybridized carbons (Fsp3) is 0.163. The summed E-state index contributed by atoms with van der Waals surface area (Å²) in [7, 11) is 0. The number of Topliss-reactive ketones (excluding diaryl/α,β-unsaturated/α-hetero) is 1. The average Bonchev–Trinajstić information content (AvgIpc) is 3.24. The highest BCUT2D eigenvalue weighted by atomic mass is 19.1. The summed E-state index contributed by atoms with van der Waals surface area (Å²) in [5, 5.41) is 23.6. The standard InChI is InChI=1S/C23H23FN4O4.C20H17FN4O4/c1-14(20(30)3-2-12-29)26-21-13-19(22(25)31)27-23(28-21)15-4-8-17(9-5-15)32-18-10-6-16(24)7-11-18;1-11(20(27)28)23-17-10-16(18(22)26)24-19(25-17)12-2-6-14(7-3-12)29-15-8-4-13(21)5-9-15/h4-11,13-14,29H,2-3,12H2,1H3,(H2,25,31)(H,26,27,28);2-11H,1H3,(H2,22,26)(H,27,28)(H,23,24,25)/t14-;11-/m00/s1. The molecule has 0 aliphatic rings. The molecule has 6 aromatic rings. The van der Waals surface area contributed by atoms with E-state index >= 15 is 0 Å². The van der Waals surface area contributed by atoms with Gasteiger partial charge in [0.1, 0.15) is 63.7 Å². The molecule has 0 aliphatic heterocycles. The van der Waals surface area contributed by atoms with Gasteiger partial charge in [-0.1, -0.05) is 0 Å². The van der Waals surface area contributed by atoms with E-state index in [2.05, 4.69) is 30.6 Å². The minimum atomic E-state index is -1.08. The van der Waals surface area contributed by atoms with Gasteiger partial charge in [-0.3, -0.25) is 19.2 Å². The van der Waals surface area contributed by atoms with E-state index in [0.29, 0.717) is 40.5 Å². The van der Waals surface area contributed by atoms with Crippen LogP contribution in [0, 0.1) is 11.6 Å². The smallest absolute Gasteiger partial charge is 0.325 e. The summed E-state index contributed by atoms with van der Waals surface area (Å²) in [4.78, 5) is 63.5. The molecule has 4 aromatic carbocycles. The Balaban J connectivity index is 0.000000232. The minimum Gasteiger partial charge on any atom is -0.480 e. The molecule has 16 nitrogen and oxygen atoms in total. The molecule has 2 aromatic heterocycles. The number of aliphatic carboxylic acids is 1. The molecular weight excluding hydrogens is 795 g/mol. The molecule has 2 amide bonds. The number of benzene rings is 4. The van der Waals surface area contributed by atoms with Crippen molar-refractivity contribution in [3.05, 3.63) is 132 Å². The van der Waals surface area contributed by atoms with Gasteiger partial charge in [-0.05, 0) is 117 Å². The SMILES string of the molecule is C[C@H](Nc1cc(C(N)=O)nc(-c2ccc(Oc3ccc(F)cc3)cc2)n1)C(=O)CCCO.C[C@H](Nc1cc(C(N)=O)nc(-c2ccc(Oc3ccc(F)cc3)cc2)n1)C(=O)O. The zero-order valence-corrected chi connectivity index (χ0v) is 32.7. The van der Waals surface area contributed by atoms with Crippen LogP contribution < -0.4 is 31.6 Å². The molecule has 61 heavy (non-hydrogen) atoms. The van der Waals surface area contributed by atoms with Crippen LogP contribution in [0.2, 0.25) is 0 Å². The Bertz CT molecular complexity index is 2470. The molecule has 0 saturated heterocycles. The number of carbonyl (C=O) groups is 4. The second kappa shape index (κ2) is 20.7. The molecule has 2 atom stereocenters. The van der Waals surface area contributed by atoms with E-state index in [4.69, 9.17) is 31.2 Å². The quantitative estimate of drug-likeness (QED) is 0.0584.